The number of ether oxygens (including phenoxy) is 1. The van der Waals surface area contributed by atoms with Gasteiger partial charge >= 0.3 is 5.97 Å². The predicted molar refractivity (Wildman–Crippen MR) is 158 cm³/mol. The van der Waals surface area contributed by atoms with Crippen molar-refractivity contribution >= 4 is 5.97 Å². The van der Waals surface area contributed by atoms with Crippen molar-refractivity contribution < 1.29 is 9.53 Å². The summed E-state index contributed by atoms with van der Waals surface area (Å²) in [7, 11) is 0. The largest absolute Gasteiger partial charge is 0.458 e. The lowest BCUT2D eigenvalue weighted by atomic mass is 9.50. The lowest BCUT2D eigenvalue weighted by Gasteiger charge is -2.55. The number of esters is 1. The predicted octanol–water partition coefficient (Wildman–Crippen LogP) is 9.81. The third-order valence-electron chi connectivity index (χ3n) is 12.0. The fraction of sp³-hybridized carbons (Fsp3) is 0.694. The summed E-state index contributed by atoms with van der Waals surface area (Å²) >= 11 is 0. The summed E-state index contributed by atoms with van der Waals surface area (Å²) in [5.41, 5.74) is 4.65. The minimum Gasteiger partial charge on any atom is -0.458 e. The summed E-state index contributed by atoms with van der Waals surface area (Å²) in [4.78, 5) is 12.7. The molecule has 4 aliphatic carbocycles. The first-order chi connectivity index (χ1) is 18.2. The summed E-state index contributed by atoms with van der Waals surface area (Å²) in [6.07, 6.45) is 17.6. The molecule has 0 N–H and O–H groups in total. The number of carbonyl (C=O) groups is 1. The summed E-state index contributed by atoms with van der Waals surface area (Å²) in [6.45, 7) is 15.0. The molecule has 8 atom stereocenters. The first-order valence-corrected chi connectivity index (χ1v) is 15.8. The number of hydrogen-bond acceptors (Lipinski definition) is 2. The van der Waals surface area contributed by atoms with Gasteiger partial charge in [0.1, 0.15) is 6.10 Å². The number of hydrogen-bond donors (Lipinski definition) is 0. The van der Waals surface area contributed by atoms with Crippen LogP contribution >= 0.6 is 0 Å². The minimum absolute atomic E-state index is 0.000309. The molecule has 208 valence electrons. The van der Waals surface area contributed by atoms with E-state index in [0.717, 1.165) is 48.9 Å². The monoisotopic (exact) mass is 516 g/mol. The van der Waals surface area contributed by atoms with Crippen LogP contribution in [0, 0.1) is 46.3 Å². The van der Waals surface area contributed by atoms with Crippen LogP contribution in [-0.2, 0) is 4.74 Å². The third kappa shape index (κ3) is 4.95. The number of rotatable bonds is 8. The van der Waals surface area contributed by atoms with Crippen LogP contribution in [0.25, 0.3) is 0 Å². The van der Waals surface area contributed by atoms with Gasteiger partial charge in [0.15, 0.2) is 0 Å². The zero-order valence-electron chi connectivity index (χ0n) is 25.0. The molecule has 0 saturated heterocycles. The second-order valence-corrected chi connectivity index (χ2v) is 14.2. The molecule has 0 aliphatic heterocycles. The fourth-order valence-electron chi connectivity index (χ4n) is 9.53. The number of allylic oxidation sites excluding steroid dienone is 3. The molecular formula is C36H52O2. The molecule has 0 heterocycles. The van der Waals surface area contributed by atoms with E-state index < -0.39 is 0 Å². The van der Waals surface area contributed by atoms with E-state index in [-0.39, 0.29) is 17.5 Å². The Morgan fingerprint density at radius 1 is 0.947 bits per heavy atom. The van der Waals surface area contributed by atoms with Crippen LogP contribution in [0.5, 0.6) is 0 Å². The number of carbonyl (C=O) groups excluding carboxylic acids is 1. The topological polar surface area (TPSA) is 26.3 Å². The standard InChI is InChI=1S/C36H52O2/c1-7-26(24(2)3)14-13-25(4)31-17-18-32-30-16-15-28-23-29(38-34(37)27-11-9-8-10-12-27)19-21-35(28,5)33(30)20-22-36(31,32)6/h8-12,15-16,24-26,29,31-33H,7,13-14,17-23H2,1-6H3. The summed E-state index contributed by atoms with van der Waals surface area (Å²) in [5.74, 6) is 4.63. The summed E-state index contributed by atoms with van der Waals surface area (Å²) in [5, 5.41) is 0. The molecule has 8 unspecified atom stereocenters. The van der Waals surface area contributed by atoms with Crippen LogP contribution in [-0.4, -0.2) is 12.1 Å². The van der Waals surface area contributed by atoms with Gasteiger partial charge in [0, 0.05) is 6.42 Å². The van der Waals surface area contributed by atoms with Crippen LogP contribution in [0.3, 0.4) is 0 Å². The second-order valence-electron chi connectivity index (χ2n) is 14.2. The van der Waals surface area contributed by atoms with Crippen LogP contribution < -0.4 is 0 Å². The zero-order valence-corrected chi connectivity index (χ0v) is 25.0. The molecule has 1 aromatic rings. The van der Waals surface area contributed by atoms with Gasteiger partial charge in [0.05, 0.1) is 5.56 Å². The van der Waals surface area contributed by atoms with Crippen molar-refractivity contribution in [1.29, 1.82) is 0 Å². The Hall–Kier alpha value is -1.83. The van der Waals surface area contributed by atoms with E-state index in [4.69, 9.17) is 4.74 Å². The normalized spacial score (nSPS) is 35.9. The van der Waals surface area contributed by atoms with Gasteiger partial charge in [-0.25, -0.2) is 4.79 Å². The van der Waals surface area contributed by atoms with E-state index in [1.807, 2.05) is 30.3 Å². The lowest BCUT2D eigenvalue weighted by Crippen LogP contribution is -2.46. The Labute approximate surface area is 232 Å². The van der Waals surface area contributed by atoms with Gasteiger partial charge in [-0.2, -0.15) is 0 Å². The van der Waals surface area contributed by atoms with Crippen molar-refractivity contribution in [3.8, 4) is 0 Å². The van der Waals surface area contributed by atoms with E-state index in [9.17, 15) is 4.79 Å². The van der Waals surface area contributed by atoms with Gasteiger partial charge in [-0.1, -0.05) is 95.9 Å². The SMILES string of the molecule is CCC(CCC(C)C1CCC2C3=CC=C4CC(OC(=O)c5ccccc5)CCC4(C)C3CCC21C)C(C)C. The fourth-order valence-corrected chi connectivity index (χ4v) is 9.53. The maximum absolute atomic E-state index is 12.7. The molecular weight excluding hydrogens is 464 g/mol. The van der Waals surface area contributed by atoms with Gasteiger partial charge in [-0.3, -0.25) is 0 Å². The van der Waals surface area contributed by atoms with Crippen molar-refractivity contribution in [2.24, 2.45) is 46.3 Å². The summed E-state index contributed by atoms with van der Waals surface area (Å²) in [6, 6.07) is 9.46. The molecule has 0 amide bonds. The van der Waals surface area contributed by atoms with E-state index in [1.54, 1.807) is 5.57 Å². The molecule has 5 rings (SSSR count). The Morgan fingerprint density at radius 2 is 1.71 bits per heavy atom. The first-order valence-electron chi connectivity index (χ1n) is 15.8. The molecule has 1 aromatic carbocycles. The van der Waals surface area contributed by atoms with E-state index in [1.165, 1.54) is 50.5 Å². The highest BCUT2D eigenvalue weighted by molar-refractivity contribution is 5.89. The quantitative estimate of drug-likeness (QED) is 0.321. The highest BCUT2D eigenvalue weighted by Crippen LogP contribution is 2.66. The lowest BCUT2D eigenvalue weighted by molar-refractivity contribution is 0.00559. The molecule has 38 heavy (non-hydrogen) atoms. The van der Waals surface area contributed by atoms with Gasteiger partial charge in [0.2, 0.25) is 0 Å². The van der Waals surface area contributed by atoms with Crippen LogP contribution in [0.2, 0.25) is 0 Å². The van der Waals surface area contributed by atoms with Crippen molar-refractivity contribution in [3.63, 3.8) is 0 Å². The first kappa shape index (κ1) is 27.7. The van der Waals surface area contributed by atoms with Gasteiger partial charge in [0.25, 0.3) is 0 Å². The van der Waals surface area contributed by atoms with Crippen molar-refractivity contribution in [2.45, 2.75) is 112 Å². The van der Waals surface area contributed by atoms with Crippen molar-refractivity contribution in [3.05, 3.63) is 59.2 Å². The van der Waals surface area contributed by atoms with E-state index in [0.29, 0.717) is 16.9 Å². The van der Waals surface area contributed by atoms with Gasteiger partial charge < -0.3 is 4.74 Å². The Kier molecular flexibility index (Phi) is 8.01. The number of fused-ring (bicyclic) bond motifs is 5. The Bertz CT molecular complexity index is 1050. The van der Waals surface area contributed by atoms with Crippen molar-refractivity contribution in [1.82, 2.24) is 0 Å². The average Bonchev–Trinajstić information content (AvgIpc) is 3.26. The second kappa shape index (κ2) is 11.0. The molecule has 0 radical (unpaired) electrons. The third-order valence-corrected chi connectivity index (χ3v) is 12.0. The molecule has 3 fully saturated rings. The maximum atomic E-state index is 12.7. The molecule has 4 aliphatic rings. The molecule has 2 nitrogen and oxygen atoms in total. The molecule has 3 saturated carbocycles. The Balaban J connectivity index is 1.28. The van der Waals surface area contributed by atoms with Crippen LogP contribution in [0.15, 0.2) is 53.6 Å². The van der Waals surface area contributed by atoms with E-state index in [2.05, 4.69) is 53.7 Å². The zero-order chi connectivity index (χ0) is 27.1. The van der Waals surface area contributed by atoms with Gasteiger partial charge in [-0.15, -0.1) is 0 Å². The van der Waals surface area contributed by atoms with E-state index >= 15 is 0 Å². The average molecular weight is 517 g/mol. The maximum Gasteiger partial charge on any atom is 0.338 e. The molecule has 0 bridgehead atoms. The summed E-state index contributed by atoms with van der Waals surface area (Å²) < 4.78 is 6.00. The van der Waals surface area contributed by atoms with Crippen LogP contribution in [0.1, 0.15) is 116 Å². The Morgan fingerprint density at radius 3 is 2.42 bits per heavy atom. The van der Waals surface area contributed by atoms with Crippen molar-refractivity contribution in [2.75, 3.05) is 0 Å². The highest BCUT2D eigenvalue weighted by Gasteiger charge is 2.57. The highest BCUT2D eigenvalue weighted by atomic mass is 16.5. The smallest absolute Gasteiger partial charge is 0.338 e. The molecule has 0 spiro atoms. The molecule has 0 aromatic heterocycles. The number of benzene rings is 1. The van der Waals surface area contributed by atoms with Gasteiger partial charge in [-0.05, 0) is 103 Å². The minimum atomic E-state index is -0.176. The molecule has 2 heteroatoms. The van der Waals surface area contributed by atoms with Crippen LogP contribution in [0.4, 0.5) is 0 Å².